The van der Waals surface area contributed by atoms with Crippen LogP contribution in [0.3, 0.4) is 0 Å². The zero-order valence-electron chi connectivity index (χ0n) is 12.8. The second-order valence-corrected chi connectivity index (χ2v) is 5.67. The van der Waals surface area contributed by atoms with Gasteiger partial charge in [-0.05, 0) is 62.9 Å². The molecule has 2 rings (SSSR count). The maximum Gasteiger partial charge on any atom is 0.118 e. The summed E-state index contributed by atoms with van der Waals surface area (Å²) in [5, 5.41) is 3.48. The van der Waals surface area contributed by atoms with E-state index in [9.17, 15) is 0 Å². The monoisotopic (exact) mass is 277 g/mol. The van der Waals surface area contributed by atoms with Crippen LogP contribution in [0.15, 0.2) is 24.3 Å². The summed E-state index contributed by atoms with van der Waals surface area (Å²) < 4.78 is 11.4. The molecule has 1 aromatic carbocycles. The van der Waals surface area contributed by atoms with Gasteiger partial charge >= 0.3 is 0 Å². The molecule has 1 aliphatic carbocycles. The molecule has 1 fully saturated rings. The van der Waals surface area contributed by atoms with Gasteiger partial charge in [-0.25, -0.2) is 0 Å². The average Bonchev–Trinajstić information content (AvgIpc) is 2.45. The van der Waals surface area contributed by atoms with E-state index in [4.69, 9.17) is 9.47 Å². The van der Waals surface area contributed by atoms with Crippen LogP contribution in [0.2, 0.25) is 0 Å². The Morgan fingerprint density at radius 2 is 1.90 bits per heavy atom. The first kappa shape index (κ1) is 15.3. The van der Waals surface area contributed by atoms with Crippen molar-refractivity contribution in [2.75, 3.05) is 20.2 Å². The van der Waals surface area contributed by atoms with Gasteiger partial charge in [-0.2, -0.15) is 0 Å². The van der Waals surface area contributed by atoms with Crippen LogP contribution in [0.25, 0.3) is 0 Å². The number of hydrogen-bond acceptors (Lipinski definition) is 3. The van der Waals surface area contributed by atoms with E-state index >= 15 is 0 Å². The SMILES string of the molecule is CCCNCCC1(OCc2ccc(OC)cc2)CCC1. The number of methoxy groups -OCH3 is 1. The first-order chi connectivity index (χ1) is 9.78. The van der Waals surface area contributed by atoms with Gasteiger partial charge in [-0.1, -0.05) is 19.1 Å². The summed E-state index contributed by atoms with van der Waals surface area (Å²) in [6, 6.07) is 8.16. The molecule has 1 aromatic rings. The summed E-state index contributed by atoms with van der Waals surface area (Å²) >= 11 is 0. The Kier molecular flexibility index (Phi) is 5.86. The molecule has 1 N–H and O–H groups in total. The maximum atomic E-state index is 6.22. The fourth-order valence-electron chi connectivity index (χ4n) is 2.61. The Bertz CT molecular complexity index is 384. The smallest absolute Gasteiger partial charge is 0.118 e. The predicted octanol–water partition coefficient (Wildman–Crippen LogP) is 3.52. The summed E-state index contributed by atoms with van der Waals surface area (Å²) in [7, 11) is 1.69. The lowest BCUT2D eigenvalue weighted by molar-refractivity contribution is -0.113. The van der Waals surface area contributed by atoms with Crippen LogP contribution in [0.5, 0.6) is 5.75 Å². The molecule has 0 spiro atoms. The van der Waals surface area contributed by atoms with E-state index in [1.54, 1.807) is 7.11 Å². The fourth-order valence-corrected chi connectivity index (χ4v) is 2.61. The van der Waals surface area contributed by atoms with Gasteiger partial charge in [0.2, 0.25) is 0 Å². The molecule has 0 amide bonds. The third-order valence-electron chi connectivity index (χ3n) is 4.15. The molecule has 0 aromatic heterocycles. The van der Waals surface area contributed by atoms with Crippen LogP contribution in [0.4, 0.5) is 0 Å². The highest BCUT2D eigenvalue weighted by molar-refractivity contribution is 5.26. The van der Waals surface area contributed by atoms with E-state index in [1.807, 2.05) is 12.1 Å². The quantitative estimate of drug-likeness (QED) is 0.701. The lowest BCUT2D eigenvalue weighted by Gasteiger charge is -2.42. The maximum absolute atomic E-state index is 6.22. The normalized spacial score (nSPS) is 16.7. The largest absolute Gasteiger partial charge is 0.497 e. The molecular formula is C17H27NO2. The Morgan fingerprint density at radius 3 is 2.45 bits per heavy atom. The molecule has 0 radical (unpaired) electrons. The Labute approximate surface area is 122 Å². The molecule has 1 saturated carbocycles. The highest BCUT2D eigenvalue weighted by Crippen LogP contribution is 2.39. The standard InChI is InChI=1S/C17H27NO2/c1-3-12-18-13-11-17(9-4-10-17)20-14-15-5-7-16(19-2)8-6-15/h5-8,18H,3-4,9-14H2,1-2H3. The van der Waals surface area contributed by atoms with Gasteiger partial charge < -0.3 is 14.8 Å². The zero-order valence-corrected chi connectivity index (χ0v) is 12.8. The number of rotatable bonds is 9. The van der Waals surface area contributed by atoms with Gasteiger partial charge in [0.15, 0.2) is 0 Å². The van der Waals surface area contributed by atoms with Crippen molar-refractivity contribution in [1.82, 2.24) is 5.32 Å². The lowest BCUT2D eigenvalue weighted by Crippen LogP contribution is -2.42. The van der Waals surface area contributed by atoms with Gasteiger partial charge in [0.1, 0.15) is 5.75 Å². The lowest BCUT2D eigenvalue weighted by atomic mass is 9.77. The summed E-state index contributed by atoms with van der Waals surface area (Å²) in [5.74, 6) is 0.899. The minimum atomic E-state index is 0.126. The van der Waals surface area contributed by atoms with Crippen LogP contribution >= 0.6 is 0 Å². The number of benzene rings is 1. The molecule has 0 aliphatic heterocycles. The molecule has 20 heavy (non-hydrogen) atoms. The molecule has 112 valence electrons. The Balaban J connectivity index is 1.77. The minimum Gasteiger partial charge on any atom is -0.497 e. The molecule has 3 heteroatoms. The van der Waals surface area contributed by atoms with Crippen molar-refractivity contribution < 1.29 is 9.47 Å². The van der Waals surface area contributed by atoms with Gasteiger partial charge in [-0.15, -0.1) is 0 Å². The topological polar surface area (TPSA) is 30.5 Å². The van der Waals surface area contributed by atoms with Crippen LogP contribution in [0.1, 0.15) is 44.6 Å². The molecule has 0 atom stereocenters. The second kappa shape index (κ2) is 7.65. The summed E-state index contributed by atoms with van der Waals surface area (Å²) in [6.07, 6.45) is 6.03. The van der Waals surface area contributed by atoms with Crippen molar-refractivity contribution in [2.45, 2.75) is 51.2 Å². The molecule has 0 saturated heterocycles. The Hall–Kier alpha value is -1.06. The van der Waals surface area contributed by atoms with Crippen LogP contribution < -0.4 is 10.1 Å². The fraction of sp³-hybridized carbons (Fsp3) is 0.647. The average molecular weight is 277 g/mol. The van der Waals surface area contributed by atoms with Crippen LogP contribution in [-0.4, -0.2) is 25.8 Å². The van der Waals surface area contributed by atoms with Crippen molar-refractivity contribution in [1.29, 1.82) is 0 Å². The molecule has 0 unspecified atom stereocenters. The molecule has 3 nitrogen and oxygen atoms in total. The van der Waals surface area contributed by atoms with Crippen molar-refractivity contribution >= 4 is 0 Å². The summed E-state index contributed by atoms with van der Waals surface area (Å²) in [5.41, 5.74) is 1.35. The van der Waals surface area contributed by atoms with Crippen molar-refractivity contribution in [3.8, 4) is 5.75 Å². The van der Waals surface area contributed by atoms with E-state index in [0.29, 0.717) is 6.61 Å². The third-order valence-corrected chi connectivity index (χ3v) is 4.15. The predicted molar refractivity (Wildman–Crippen MR) is 82.1 cm³/mol. The van der Waals surface area contributed by atoms with Gasteiger partial charge in [0, 0.05) is 0 Å². The van der Waals surface area contributed by atoms with Crippen molar-refractivity contribution in [2.24, 2.45) is 0 Å². The molecule has 0 heterocycles. The zero-order chi connectivity index (χ0) is 14.3. The summed E-state index contributed by atoms with van der Waals surface area (Å²) in [4.78, 5) is 0. The van der Waals surface area contributed by atoms with Gasteiger partial charge in [-0.3, -0.25) is 0 Å². The van der Waals surface area contributed by atoms with E-state index in [2.05, 4.69) is 24.4 Å². The number of hydrogen-bond donors (Lipinski definition) is 1. The van der Waals surface area contributed by atoms with E-state index in [0.717, 1.165) is 25.3 Å². The number of ether oxygens (including phenoxy) is 2. The van der Waals surface area contributed by atoms with Crippen molar-refractivity contribution in [3.63, 3.8) is 0 Å². The van der Waals surface area contributed by atoms with Gasteiger partial charge in [0.25, 0.3) is 0 Å². The first-order valence-corrected chi connectivity index (χ1v) is 7.75. The highest BCUT2D eigenvalue weighted by atomic mass is 16.5. The third kappa shape index (κ3) is 4.22. The summed E-state index contributed by atoms with van der Waals surface area (Å²) in [6.45, 7) is 5.08. The van der Waals surface area contributed by atoms with E-state index < -0.39 is 0 Å². The highest BCUT2D eigenvalue weighted by Gasteiger charge is 2.37. The van der Waals surface area contributed by atoms with Gasteiger partial charge in [0.05, 0.1) is 19.3 Å². The first-order valence-electron chi connectivity index (χ1n) is 7.75. The molecular weight excluding hydrogens is 250 g/mol. The van der Waals surface area contributed by atoms with Crippen molar-refractivity contribution in [3.05, 3.63) is 29.8 Å². The van der Waals surface area contributed by atoms with Crippen LogP contribution in [-0.2, 0) is 11.3 Å². The molecule has 1 aliphatic rings. The molecule has 0 bridgehead atoms. The van der Waals surface area contributed by atoms with E-state index in [1.165, 1.54) is 31.2 Å². The second-order valence-electron chi connectivity index (χ2n) is 5.67. The minimum absolute atomic E-state index is 0.126. The Morgan fingerprint density at radius 1 is 1.15 bits per heavy atom. The van der Waals surface area contributed by atoms with E-state index in [-0.39, 0.29) is 5.60 Å². The van der Waals surface area contributed by atoms with Crippen LogP contribution in [0, 0.1) is 0 Å². The number of nitrogens with one attached hydrogen (secondary N) is 1.